The Balaban J connectivity index is 2.12. The van der Waals surface area contributed by atoms with E-state index in [1.165, 1.54) is 18.6 Å². The van der Waals surface area contributed by atoms with Gasteiger partial charge in [-0.05, 0) is 51.6 Å². The predicted octanol–water partition coefficient (Wildman–Crippen LogP) is 1.96. The van der Waals surface area contributed by atoms with Crippen molar-refractivity contribution >= 4 is 11.6 Å². The van der Waals surface area contributed by atoms with E-state index < -0.39 is 5.82 Å². The van der Waals surface area contributed by atoms with Gasteiger partial charge in [0, 0.05) is 24.8 Å². The molecule has 2 N–H and O–H groups in total. The maximum absolute atomic E-state index is 13.8. The van der Waals surface area contributed by atoms with Crippen LogP contribution in [0.2, 0.25) is 0 Å². The van der Waals surface area contributed by atoms with Crippen LogP contribution in [0, 0.1) is 5.82 Å². The molecular formula is C15H22FN3O. The minimum atomic E-state index is -0.561. The molecule has 0 saturated heterocycles. The zero-order chi connectivity index (χ0) is 14.9. The highest BCUT2D eigenvalue weighted by atomic mass is 19.1. The topological polar surface area (TPSA) is 49.6 Å². The second kappa shape index (κ2) is 5.40. The van der Waals surface area contributed by atoms with Crippen molar-refractivity contribution in [3.63, 3.8) is 0 Å². The standard InChI is InChI=1S/C15H22FN3O/c1-18(2)15(7-4-8-15)10-19(3)14(20)12-6-5-11(17)9-13(12)16/h5-6,9H,4,7-8,10,17H2,1-3H3. The molecule has 1 aliphatic carbocycles. The minimum absolute atomic E-state index is 0.0364. The summed E-state index contributed by atoms with van der Waals surface area (Å²) in [5.41, 5.74) is 5.94. The quantitative estimate of drug-likeness (QED) is 0.857. The average Bonchev–Trinajstić information content (AvgIpc) is 2.32. The molecule has 4 nitrogen and oxygen atoms in total. The molecule has 1 aromatic rings. The summed E-state index contributed by atoms with van der Waals surface area (Å²) in [7, 11) is 5.78. The van der Waals surface area contributed by atoms with Crippen LogP contribution in [0.1, 0.15) is 29.6 Å². The monoisotopic (exact) mass is 279 g/mol. The highest BCUT2D eigenvalue weighted by molar-refractivity contribution is 5.94. The van der Waals surface area contributed by atoms with E-state index in [2.05, 4.69) is 4.90 Å². The van der Waals surface area contributed by atoms with E-state index in [0.29, 0.717) is 12.2 Å². The Hall–Kier alpha value is -1.62. The Bertz CT molecular complexity index is 512. The molecule has 110 valence electrons. The highest BCUT2D eigenvalue weighted by Crippen LogP contribution is 2.36. The summed E-state index contributed by atoms with van der Waals surface area (Å²) >= 11 is 0. The zero-order valence-corrected chi connectivity index (χ0v) is 12.3. The summed E-state index contributed by atoms with van der Waals surface area (Å²) in [6.45, 7) is 0.614. The van der Waals surface area contributed by atoms with Crippen LogP contribution in [0.3, 0.4) is 0 Å². The number of amides is 1. The van der Waals surface area contributed by atoms with Gasteiger partial charge in [0.05, 0.1) is 5.56 Å². The summed E-state index contributed by atoms with van der Waals surface area (Å²) in [4.78, 5) is 16.1. The van der Waals surface area contributed by atoms with Crippen molar-refractivity contribution < 1.29 is 9.18 Å². The van der Waals surface area contributed by atoms with E-state index in [9.17, 15) is 9.18 Å². The third-order valence-electron chi connectivity index (χ3n) is 4.33. The molecule has 1 fully saturated rings. The van der Waals surface area contributed by atoms with Crippen LogP contribution in [-0.4, -0.2) is 48.9 Å². The minimum Gasteiger partial charge on any atom is -0.399 e. The summed E-state index contributed by atoms with van der Waals surface area (Å²) in [6, 6.07) is 4.19. The van der Waals surface area contributed by atoms with Crippen molar-refractivity contribution in [1.29, 1.82) is 0 Å². The number of halogens is 1. The van der Waals surface area contributed by atoms with Crippen molar-refractivity contribution in [2.24, 2.45) is 0 Å². The van der Waals surface area contributed by atoms with E-state index in [1.54, 1.807) is 18.0 Å². The fourth-order valence-electron chi connectivity index (χ4n) is 2.76. The lowest BCUT2D eigenvalue weighted by molar-refractivity contribution is 0.0250. The van der Waals surface area contributed by atoms with Gasteiger partial charge < -0.3 is 15.5 Å². The lowest BCUT2D eigenvalue weighted by atomic mass is 9.75. The van der Waals surface area contributed by atoms with Crippen LogP contribution >= 0.6 is 0 Å². The number of anilines is 1. The Kier molecular flexibility index (Phi) is 3.99. The van der Waals surface area contributed by atoms with E-state index in [-0.39, 0.29) is 17.0 Å². The number of rotatable bonds is 4. The van der Waals surface area contributed by atoms with E-state index in [4.69, 9.17) is 5.73 Å². The predicted molar refractivity (Wildman–Crippen MR) is 78.0 cm³/mol. The van der Waals surface area contributed by atoms with Gasteiger partial charge in [0.15, 0.2) is 0 Å². The number of hydrogen-bond acceptors (Lipinski definition) is 3. The van der Waals surface area contributed by atoms with Gasteiger partial charge in [-0.25, -0.2) is 4.39 Å². The van der Waals surface area contributed by atoms with Crippen LogP contribution in [0.5, 0.6) is 0 Å². The molecule has 1 aromatic carbocycles. The van der Waals surface area contributed by atoms with E-state index in [0.717, 1.165) is 12.8 Å². The first-order chi connectivity index (χ1) is 9.35. The molecule has 0 heterocycles. The number of nitrogen functional groups attached to an aromatic ring is 1. The maximum atomic E-state index is 13.8. The first-order valence-corrected chi connectivity index (χ1v) is 6.84. The molecule has 0 aliphatic heterocycles. The van der Waals surface area contributed by atoms with Crippen LogP contribution in [0.25, 0.3) is 0 Å². The number of carbonyl (C=O) groups is 1. The number of nitrogens with two attached hydrogens (primary N) is 1. The largest absolute Gasteiger partial charge is 0.399 e. The zero-order valence-electron chi connectivity index (χ0n) is 12.3. The van der Waals surface area contributed by atoms with Crippen molar-refractivity contribution in [2.45, 2.75) is 24.8 Å². The van der Waals surface area contributed by atoms with Crippen molar-refractivity contribution in [1.82, 2.24) is 9.80 Å². The first-order valence-electron chi connectivity index (χ1n) is 6.84. The molecule has 2 rings (SSSR count). The number of nitrogens with zero attached hydrogens (tertiary/aromatic N) is 2. The van der Waals surface area contributed by atoms with Crippen molar-refractivity contribution in [3.8, 4) is 0 Å². The Morgan fingerprint density at radius 3 is 2.45 bits per heavy atom. The van der Waals surface area contributed by atoms with Gasteiger partial charge in [-0.15, -0.1) is 0 Å². The number of hydrogen-bond donors (Lipinski definition) is 1. The molecule has 0 radical (unpaired) electrons. The normalized spacial score (nSPS) is 16.9. The molecule has 5 heteroatoms. The molecule has 0 unspecified atom stereocenters. The van der Waals surface area contributed by atoms with Crippen molar-refractivity contribution in [2.75, 3.05) is 33.4 Å². The molecule has 0 atom stereocenters. The summed E-state index contributed by atoms with van der Waals surface area (Å²) < 4.78 is 13.8. The van der Waals surface area contributed by atoms with E-state index >= 15 is 0 Å². The van der Waals surface area contributed by atoms with Gasteiger partial charge in [0.25, 0.3) is 5.91 Å². The fraction of sp³-hybridized carbons (Fsp3) is 0.533. The van der Waals surface area contributed by atoms with Crippen LogP contribution < -0.4 is 5.73 Å². The molecule has 1 amide bonds. The van der Waals surface area contributed by atoms with Crippen LogP contribution in [0.4, 0.5) is 10.1 Å². The molecule has 0 spiro atoms. The van der Waals surface area contributed by atoms with Gasteiger partial charge in [0.1, 0.15) is 5.82 Å². The molecular weight excluding hydrogens is 257 g/mol. The Morgan fingerprint density at radius 1 is 1.35 bits per heavy atom. The van der Waals surface area contributed by atoms with Crippen LogP contribution in [0.15, 0.2) is 18.2 Å². The second-order valence-electron chi connectivity index (χ2n) is 5.87. The maximum Gasteiger partial charge on any atom is 0.256 e. The third kappa shape index (κ3) is 2.63. The number of benzene rings is 1. The summed E-state index contributed by atoms with van der Waals surface area (Å²) in [5, 5.41) is 0. The molecule has 0 bridgehead atoms. The van der Waals surface area contributed by atoms with E-state index in [1.807, 2.05) is 14.1 Å². The number of likely N-dealkylation sites (N-methyl/N-ethyl adjacent to an activating group) is 2. The lowest BCUT2D eigenvalue weighted by Gasteiger charge is -2.49. The molecule has 20 heavy (non-hydrogen) atoms. The Morgan fingerprint density at radius 2 is 2.00 bits per heavy atom. The van der Waals surface area contributed by atoms with Crippen molar-refractivity contribution in [3.05, 3.63) is 29.6 Å². The SMILES string of the molecule is CN(CC1(N(C)C)CCC1)C(=O)c1ccc(N)cc1F. The highest BCUT2D eigenvalue weighted by Gasteiger charge is 2.40. The summed E-state index contributed by atoms with van der Waals surface area (Å²) in [6.07, 6.45) is 3.32. The fourth-order valence-corrected chi connectivity index (χ4v) is 2.76. The van der Waals surface area contributed by atoms with Gasteiger partial charge in [-0.1, -0.05) is 0 Å². The summed E-state index contributed by atoms with van der Waals surface area (Å²) in [5.74, 6) is -0.856. The molecule has 1 saturated carbocycles. The van der Waals surface area contributed by atoms with Crippen LogP contribution in [-0.2, 0) is 0 Å². The van der Waals surface area contributed by atoms with Gasteiger partial charge in [-0.3, -0.25) is 4.79 Å². The average molecular weight is 279 g/mol. The molecule has 1 aliphatic rings. The smallest absolute Gasteiger partial charge is 0.256 e. The third-order valence-corrected chi connectivity index (χ3v) is 4.33. The number of carbonyl (C=O) groups excluding carboxylic acids is 1. The van der Waals surface area contributed by atoms with Gasteiger partial charge in [-0.2, -0.15) is 0 Å². The van der Waals surface area contributed by atoms with Gasteiger partial charge >= 0.3 is 0 Å². The lowest BCUT2D eigenvalue weighted by Crippen LogP contribution is -2.57. The Labute approximate surface area is 119 Å². The van der Waals surface area contributed by atoms with Gasteiger partial charge in [0.2, 0.25) is 0 Å². The second-order valence-corrected chi connectivity index (χ2v) is 5.87. The first kappa shape index (κ1) is 14.8. The molecule has 0 aromatic heterocycles.